The van der Waals surface area contributed by atoms with Crippen molar-refractivity contribution in [2.75, 3.05) is 30.8 Å². The number of thioether (sulfide) groups is 1. The fourth-order valence-corrected chi connectivity index (χ4v) is 4.00. The Balaban J connectivity index is 1.79. The van der Waals surface area contributed by atoms with Gasteiger partial charge < -0.3 is 9.80 Å². The lowest BCUT2D eigenvalue weighted by Gasteiger charge is -2.41. The molecule has 0 radical (unpaired) electrons. The summed E-state index contributed by atoms with van der Waals surface area (Å²) in [6.07, 6.45) is 6.84. The predicted octanol–water partition coefficient (Wildman–Crippen LogP) is 2.43. The number of hydrogen-bond acceptors (Lipinski definition) is 5. The molecule has 1 atom stereocenters. The van der Waals surface area contributed by atoms with E-state index in [1.165, 1.54) is 0 Å². The maximum atomic E-state index is 13.0. The molecule has 6 heteroatoms. The second-order valence-electron chi connectivity index (χ2n) is 6.55. The number of hydrogen-bond donors (Lipinski definition) is 0. The molecular weight excluding hydrogens is 296 g/mol. The topological polar surface area (TPSA) is 49.3 Å². The first-order valence-corrected chi connectivity index (χ1v) is 9.21. The van der Waals surface area contributed by atoms with Gasteiger partial charge in [0.2, 0.25) is 5.91 Å². The molecule has 3 heterocycles. The number of nitrogens with zero attached hydrogens (tertiary/aromatic N) is 4. The van der Waals surface area contributed by atoms with Crippen LogP contribution in [-0.4, -0.2) is 52.7 Å². The van der Waals surface area contributed by atoms with Gasteiger partial charge in [-0.2, -0.15) is 0 Å². The average Bonchev–Trinajstić information content (AvgIpc) is 2.95. The molecule has 0 bridgehead atoms. The summed E-state index contributed by atoms with van der Waals surface area (Å²) >= 11 is 1.55. The molecule has 2 fully saturated rings. The minimum absolute atomic E-state index is 0.201. The molecule has 2 aliphatic rings. The van der Waals surface area contributed by atoms with Gasteiger partial charge in [-0.1, -0.05) is 11.8 Å². The normalized spacial score (nSPS) is 25.5. The highest BCUT2D eigenvalue weighted by molar-refractivity contribution is 7.98. The molecule has 22 heavy (non-hydrogen) atoms. The Morgan fingerprint density at radius 2 is 2.14 bits per heavy atom. The molecule has 5 nitrogen and oxygen atoms in total. The monoisotopic (exact) mass is 320 g/mol. The lowest BCUT2D eigenvalue weighted by Crippen LogP contribution is -2.52. The van der Waals surface area contributed by atoms with Crippen molar-refractivity contribution < 1.29 is 4.79 Å². The van der Waals surface area contributed by atoms with E-state index in [1.807, 2.05) is 18.5 Å². The Kier molecular flexibility index (Phi) is 4.30. The molecule has 1 unspecified atom stereocenters. The van der Waals surface area contributed by atoms with Crippen LogP contribution in [0, 0.1) is 5.41 Å². The molecule has 1 aromatic rings. The Bertz CT molecular complexity index is 565. The molecule has 0 saturated carbocycles. The van der Waals surface area contributed by atoms with Crippen molar-refractivity contribution in [3.8, 4) is 0 Å². The number of aromatic nitrogens is 2. The number of carbonyl (C=O) groups excluding carboxylic acids is 1. The number of amides is 1. The van der Waals surface area contributed by atoms with Gasteiger partial charge in [-0.05, 0) is 45.4 Å². The molecule has 0 aliphatic carbocycles. The molecule has 1 amide bonds. The van der Waals surface area contributed by atoms with Gasteiger partial charge in [0.15, 0.2) is 5.16 Å². The van der Waals surface area contributed by atoms with Gasteiger partial charge in [-0.25, -0.2) is 9.97 Å². The van der Waals surface area contributed by atoms with E-state index in [9.17, 15) is 4.79 Å². The van der Waals surface area contributed by atoms with Gasteiger partial charge in [-0.3, -0.25) is 4.79 Å². The van der Waals surface area contributed by atoms with Crippen LogP contribution in [0.15, 0.2) is 17.4 Å². The lowest BCUT2D eigenvalue weighted by atomic mass is 9.78. The smallest absolute Gasteiger partial charge is 0.230 e. The summed E-state index contributed by atoms with van der Waals surface area (Å²) in [6, 6.07) is 2.24. The van der Waals surface area contributed by atoms with Crippen LogP contribution < -0.4 is 4.90 Å². The maximum absolute atomic E-state index is 13.0. The molecule has 3 rings (SSSR count). The fraction of sp³-hybridized carbons (Fsp3) is 0.688. The zero-order chi connectivity index (χ0) is 15.7. The highest BCUT2D eigenvalue weighted by Crippen LogP contribution is 2.41. The fourth-order valence-electron chi connectivity index (χ4n) is 3.65. The minimum atomic E-state index is -0.201. The summed E-state index contributed by atoms with van der Waals surface area (Å²) < 4.78 is 0. The van der Waals surface area contributed by atoms with Gasteiger partial charge >= 0.3 is 0 Å². The Morgan fingerprint density at radius 3 is 2.86 bits per heavy atom. The highest BCUT2D eigenvalue weighted by atomic mass is 32.2. The van der Waals surface area contributed by atoms with E-state index in [0.29, 0.717) is 11.9 Å². The number of anilines is 1. The Hall–Kier alpha value is -1.30. The molecule has 2 aliphatic heterocycles. The summed E-state index contributed by atoms with van der Waals surface area (Å²) in [5, 5.41) is 0.789. The van der Waals surface area contributed by atoms with E-state index < -0.39 is 0 Å². The summed E-state index contributed by atoms with van der Waals surface area (Å²) in [7, 11) is 0. The molecule has 1 spiro atoms. The highest BCUT2D eigenvalue weighted by Gasteiger charge is 2.49. The Labute approximate surface area is 136 Å². The van der Waals surface area contributed by atoms with Gasteiger partial charge in [-0.15, -0.1) is 0 Å². The van der Waals surface area contributed by atoms with Crippen LogP contribution in [-0.2, 0) is 4.79 Å². The van der Waals surface area contributed by atoms with Crippen molar-refractivity contribution >= 4 is 23.5 Å². The van der Waals surface area contributed by atoms with Crippen molar-refractivity contribution in [3.05, 3.63) is 12.3 Å². The SMILES string of the molecule is CSc1nccc(N2CCC3(CCCN(C(C)C)C3=O)C2)n1. The van der Waals surface area contributed by atoms with E-state index in [-0.39, 0.29) is 5.41 Å². The summed E-state index contributed by atoms with van der Waals surface area (Å²) in [4.78, 5) is 26.1. The van der Waals surface area contributed by atoms with Gasteiger partial charge in [0.1, 0.15) is 5.82 Å². The van der Waals surface area contributed by atoms with Crippen molar-refractivity contribution in [3.63, 3.8) is 0 Å². The summed E-state index contributed by atoms with van der Waals surface area (Å²) in [5.74, 6) is 1.29. The third kappa shape index (κ3) is 2.69. The zero-order valence-electron chi connectivity index (χ0n) is 13.6. The molecule has 0 N–H and O–H groups in total. The van der Waals surface area contributed by atoms with Crippen LogP contribution in [0.25, 0.3) is 0 Å². The van der Waals surface area contributed by atoms with Crippen LogP contribution in [0.4, 0.5) is 5.82 Å². The molecule has 0 aromatic carbocycles. The van der Waals surface area contributed by atoms with Crippen LogP contribution in [0.2, 0.25) is 0 Å². The average molecular weight is 320 g/mol. The lowest BCUT2D eigenvalue weighted by molar-refractivity contribution is -0.147. The van der Waals surface area contributed by atoms with Crippen LogP contribution in [0.5, 0.6) is 0 Å². The van der Waals surface area contributed by atoms with E-state index in [2.05, 4.69) is 33.6 Å². The quantitative estimate of drug-likeness (QED) is 0.632. The van der Waals surface area contributed by atoms with Crippen molar-refractivity contribution in [2.24, 2.45) is 5.41 Å². The van der Waals surface area contributed by atoms with Crippen LogP contribution in [0.1, 0.15) is 33.1 Å². The Morgan fingerprint density at radius 1 is 1.32 bits per heavy atom. The summed E-state index contributed by atoms with van der Waals surface area (Å²) in [5.41, 5.74) is -0.201. The second kappa shape index (κ2) is 6.07. The first-order chi connectivity index (χ1) is 10.6. The molecule has 120 valence electrons. The van der Waals surface area contributed by atoms with Gasteiger partial charge in [0.25, 0.3) is 0 Å². The van der Waals surface area contributed by atoms with E-state index in [4.69, 9.17) is 0 Å². The predicted molar refractivity (Wildman–Crippen MR) is 89.2 cm³/mol. The number of carbonyl (C=O) groups is 1. The minimum Gasteiger partial charge on any atom is -0.355 e. The molecule has 1 aromatic heterocycles. The first kappa shape index (κ1) is 15.6. The van der Waals surface area contributed by atoms with Crippen molar-refractivity contribution in [2.45, 2.75) is 44.3 Å². The standard InChI is InChI=1S/C16H24N4OS/c1-12(2)20-9-4-6-16(14(20)21)7-10-19(11-16)13-5-8-17-15(18-13)22-3/h5,8,12H,4,6-7,9-11H2,1-3H3. The number of rotatable bonds is 3. The van der Waals surface area contributed by atoms with Crippen LogP contribution in [0.3, 0.4) is 0 Å². The van der Waals surface area contributed by atoms with Crippen molar-refractivity contribution in [1.82, 2.24) is 14.9 Å². The second-order valence-corrected chi connectivity index (χ2v) is 7.32. The number of piperidine rings is 1. The third-order valence-electron chi connectivity index (χ3n) is 4.87. The molecule has 2 saturated heterocycles. The van der Waals surface area contributed by atoms with Crippen molar-refractivity contribution in [1.29, 1.82) is 0 Å². The van der Waals surface area contributed by atoms with E-state index in [0.717, 1.165) is 49.9 Å². The van der Waals surface area contributed by atoms with E-state index in [1.54, 1.807) is 11.8 Å². The summed E-state index contributed by atoms with van der Waals surface area (Å²) in [6.45, 7) is 6.82. The third-order valence-corrected chi connectivity index (χ3v) is 5.43. The number of likely N-dealkylation sites (tertiary alicyclic amines) is 1. The van der Waals surface area contributed by atoms with Crippen LogP contribution >= 0.6 is 11.8 Å². The van der Waals surface area contributed by atoms with E-state index >= 15 is 0 Å². The van der Waals surface area contributed by atoms with Gasteiger partial charge in [0.05, 0.1) is 5.41 Å². The first-order valence-electron chi connectivity index (χ1n) is 7.99. The molecular formula is C16H24N4OS. The maximum Gasteiger partial charge on any atom is 0.230 e. The van der Waals surface area contributed by atoms with Gasteiger partial charge in [0, 0.05) is 31.9 Å². The largest absolute Gasteiger partial charge is 0.355 e. The zero-order valence-corrected chi connectivity index (χ0v) is 14.4.